The molecule has 1 amide bonds. The molecule has 130 valence electrons. The van der Waals surface area contributed by atoms with Gasteiger partial charge in [0.15, 0.2) is 0 Å². The molecule has 7 nitrogen and oxygen atoms in total. The molecular weight excluding hydrogens is 375 g/mol. The van der Waals surface area contributed by atoms with Crippen LogP contribution < -0.4 is 5.32 Å². The van der Waals surface area contributed by atoms with Crippen LogP contribution in [0.3, 0.4) is 0 Å². The molecule has 3 rings (SSSR count). The molecule has 0 fully saturated rings. The van der Waals surface area contributed by atoms with Crippen molar-refractivity contribution in [2.24, 2.45) is 0 Å². The number of aromatic nitrogens is 4. The first-order valence-electron chi connectivity index (χ1n) is 7.54. The first-order chi connectivity index (χ1) is 12.5. The van der Waals surface area contributed by atoms with Crippen LogP contribution in [0, 0.1) is 11.3 Å². The third-order valence-electron chi connectivity index (χ3n) is 3.61. The lowest BCUT2D eigenvalue weighted by atomic mass is 10.2. The number of benzene rings is 2. The van der Waals surface area contributed by atoms with Crippen molar-refractivity contribution in [1.82, 2.24) is 20.2 Å². The van der Waals surface area contributed by atoms with E-state index in [-0.39, 0.29) is 10.9 Å². The molecule has 2 aromatic carbocycles. The highest BCUT2D eigenvalue weighted by Gasteiger charge is 2.19. The average molecular weight is 387 g/mol. The molecule has 0 saturated heterocycles. The summed E-state index contributed by atoms with van der Waals surface area (Å²) < 4.78 is 0. The molecule has 0 bridgehead atoms. The van der Waals surface area contributed by atoms with Crippen molar-refractivity contribution in [2.45, 2.75) is 13.0 Å². The molecule has 0 saturated carbocycles. The Kier molecular flexibility index (Phi) is 5.16. The van der Waals surface area contributed by atoms with Gasteiger partial charge in [-0.3, -0.25) is 4.79 Å². The highest BCUT2D eigenvalue weighted by molar-refractivity contribution is 6.32. The number of nitrogens with zero attached hydrogens (tertiary/aromatic N) is 5. The number of nitriles is 1. The normalized spacial score (nSPS) is 11.6. The number of nitrogens with one attached hydrogen (secondary N) is 1. The summed E-state index contributed by atoms with van der Waals surface area (Å²) in [5, 5.41) is 24.6. The van der Waals surface area contributed by atoms with E-state index in [2.05, 4.69) is 20.7 Å². The van der Waals surface area contributed by atoms with Gasteiger partial charge in [0.2, 0.25) is 5.82 Å². The molecule has 0 aliphatic heterocycles. The highest BCUT2D eigenvalue weighted by Crippen LogP contribution is 2.21. The molecule has 0 spiro atoms. The zero-order valence-corrected chi connectivity index (χ0v) is 15.0. The van der Waals surface area contributed by atoms with E-state index in [4.69, 9.17) is 28.5 Å². The third-order valence-corrected chi connectivity index (χ3v) is 4.18. The zero-order valence-electron chi connectivity index (χ0n) is 13.5. The largest absolute Gasteiger partial charge is 0.324 e. The summed E-state index contributed by atoms with van der Waals surface area (Å²) in [5.74, 6) is 0.0496. The van der Waals surface area contributed by atoms with Crippen LogP contribution in [0.5, 0.6) is 0 Å². The van der Waals surface area contributed by atoms with Gasteiger partial charge in [0.1, 0.15) is 12.1 Å². The number of carbonyl (C=O) groups is 1. The molecule has 0 aliphatic rings. The van der Waals surface area contributed by atoms with E-state index in [1.807, 2.05) is 6.07 Å². The fourth-order valence-corrected chi connectivity index (χ4v) is 2.49. The zero-order chi connectivity index (χ0) is 18.7. The van der Waals surface area contributed by atoms with E-state index in [0.717, 1.165) is 5.56 Å². The van der Waals surface area contributed by atoms with E-state index in [1.54, 1.807) is 37.3 Å². The van der Waals surface area contributed by atoms with Crippen LogP contribution in [-0.2, 0) is 4.79 Å². The third kappa shape index (κ3) is 3.82. The Morgan fingerprint density at radius 1 is 1.23 bits per heavy atom. The van der Waals surface area contributed by atoms with Crippen LogP contribution in [-0.4, -0.2) is 26.1 Å². The Labute approximate surface area is 159 Å². The second-order valence-electron chi connectivity index (χ2n) is 5.41. The van der Waals surface area contributed by atoms with Gasteiger partial charge in [-0.25, -0.2) is 0 Å². The summed E-state index contributed by atoms with van der Waals surface area (Å²) in [7, 11) is 0. The first-order valence-corrected chi connectivity index (χ1v) is 8.29. The standard InChI is InChI=1S/C17H12Cl2N6O/c1-10(17(26)21-14-7-4-12(9-20)15(19)8-14)25-23-16(22-24-25)11-2-5-13(18)6-3-11/h2-8,10H,1H3,(H,21,26). The molecule has 9 heteroatoms. The predicted octanol–water partition coefficient (Wildman–Crippen LogP) is 3.72. The molecule has 3 aromatic rings. The summed E-state index contributed by atoms with van der Waals surface area (Å²) in [5.41, 5.74) is 1.55. The maximum atomic E-state index is 12.4. The van der Waals surface area contributed by atoms with Gasteiger partial charge in [0, 0.05) is 16.3 Å². The molecular formula is C17H12Cl2N6O. The van der Waals surface area contributed by atoms with Crippen molar-refractivity contribution in [1.29, 1.82) is 5.26 Å². The lowest BCUT2D eigenvalue weighted by molar-refractivity contribution is -0.119. The second-order valence-corrected chi connectivity index (χ2v) is 6.26. The number of hydrogen-bond acceptors (Lipinski definition) is 5. The molecule has 1 atom stereocenters. The smallest absolute Gasteiger partial charge is 0.250 e. The Hall–Kier alpha value is -2.95. The minimum Gasteiger partial charge on any atom is -0.324 e. The summed E-state index contributed by atoms with van der Waals surface area (Å²) in [4.78, 5) is 13.6. The van der Waals surface area contributed by atoms with Crippen LogP contribution in [0.25, 0.3) is 11.4 Å². The summed E-state index contributed by atoms with van der Waals surface area (Å²) >= 11 is 11.8. The highest BCUT2D eigenvalue weighted by atomic mass is 35.5. The number of carbonyl (C=O) groups excluding carboxylic acids is 1. The van der Waals surface area contributed by atoms with Crippen LogP contribution in [0.1, 0.15) is 18.5 Å². The van der Waals surface area contributed by atoms with Gasteiger partial charge >= 0.3 is 0 Å². The van der Waals surface area contributed by atoms with Gasteiger partial charge in [0.25, 0.3) is 5.91 Å². The lowest BCUT2D eigenvalue weighted by Crippen LogP contribution is -2.25. The van der Waals surface area contributed by atoms with Crippen molar-refractivity contribution in [3.63, 3.8) is 0 Å². The van der Waals surface area contributed by atoms with Crippen molar-refractivity contribution in [3.8, 4) is 17.5 Å². The van der Waals surface area contributed by atoms with E-state index >= 15 is 0 Å². The molecule has 1 heterocycles. The molecule has 0 aliphatic carbocycles. The lowest BCUT2D eigenvalue weighted by Gasteiger charge is -2.11. The maximum Gasteiger partial charge on any atom is 0.250 e. The number of anilines is 1. The summed E-state index contributed by atoms with van der Waals surface area (Å²) in [6, 6.07) is 12.9. The van der Waals surface area contributed by atoms with Crippen molar-refractivity contribution in [2.75, 3.05) is 5.32 Å². The van der Waals surface area contributed by atoms with Gasteiger partial charge in [-0.2, -0.15) is 10.1 Å². The Bertz CT molecular complexity index is 993. The molecule has 26 heavy (non-hydrogen) atoms. The van der Waals surface area contributed by atoms with Gasteiger partial charge in [-0.05, 0) is 54.6 Å². The van der Waals surface area contributed by atoms with Crippen molar-refractivity contribution >= 4 is 34.8 Å². The molecule has 1 N–H and O–H groups in total. The van der Waals surface area contributed by atoms with Crippen LogP contribution in [0.2, 0.25) is 10.0 Å². The van der Waals surface area contributed by atoms with Crippen LogP contribution in [0.4, 0.5) is 5.69 Å². The first kappa shape index (κ1) is 17.9. The van der Waals surface area contributed by atoms with Crippen LogP contribution in [0.15, 0.2) is 42.5 Å². The number of tetrazole rings is 1. The molecule has 0 radical (unpaired) electrons. The fourth-order valence-electron chi connectivity index (χ4n) is 2.14. The van der Waals surface area contributed by atoms with Gasteiger partial charge in [-0.1, -0.05) is 23.2 Å². The number of rotatable bonds is 4. The average Bonchev–Trinajstić information content (AvgIpc) is 3.12. The van der Waals surface area contributed by atoms with Crippen molar-refractivity contribution in [3.05, 3.63) is 58.1 Å². The Balaban J connectivity index is 1.74. The second kappa shape index (κ2) is 7.52. The minimum absolute atomic E-state index is 0.266. The topological polar surface area (TPSA) is 96.5 Å². The summed E-state index contributed by atoms with van der Waals surface area (Å²) in [6.45, 7) is 1.65. The van der Waals surface area contributed by atoms with Gasteiger partial charge in [-0.15, -0.1) is 10.2 Å². The molecule has 1 unspecified atom stereocenters. The van der Waals surface area contributed by atoms with E-state index < -0.39 is 6.04 Å². The number of hydrogen-bond donors (Lipinski definition) is 1. The SMILES string of the molecule is CC(C(=O)Nc1ccc(C#N)c(Cl)c1)n1nnc(-c2ccc(Cl)cc2)n1. The van der Waals surface area contributed by atoms with Crippen LogP contribution >= 0.6 is 23.2 Å². The fraction of sp³-hybridized carbons (Fsp3) is 0.118. The van der Waals surface area contributed by atoms with E-state index in [9.17, 15) is 4.79 Å². The number of halogens is 2. The monoisotopic (exact) mass is 386 g/mol. The molecule has 1 aromatic heterocycles. The van der Waals surface area contributed by atoms with Gasteiger partial charge in [0.05, 0.1) is 10.6 Å². The Morgan fingerprint density at radius 3 is 2.62 bits per heavy atom. The predicted molar refractivity (Wildman–Crippen MR) is 97.8 cm³/mol. The number of amides is 1. The Morgan fingerprint density at radius 2 is 1.96 bits per heavy atom. The van der Waals surface area contributed by atoms with Crippen molar-refractivity contribution < 1.29 is 4.79 Å². The van der Waals surface area contributed by atoms with Gasteiger partial charge < -0.3 is 5.32 Å². The quantitative estimate of drug-likeness (QED) is 0.736. The van der Waals surface area contributed by atoms with E-state index in [1.165, 1.54) is 16.9 Å². The summed E-state index contributed by atoms with van der Waals surface area (Å²) in [6.07, 6.45) is 0. The minimum atomic E-state index is -0.696. The maximum absolute atomic E-state index is 12.4. The van der Waals surface area contributed by atoms with E-state index in [0.29, 0.717) is 22.1 Å².